The number of phenols is 1. The number of hydrogen-bond acceptors (Lipinski definition) is 5. The van der Waals surface area contributed by atoms with Crippen LogP contribution < -0.4 is 5.32 Å². The van der Waals surface area contributed by atoms with E-state index in [0.717, 1.165) is 53.5 Å². The first kappa shape index (κ1) is 18.9. The van der Waals surface area contributed by atoms with Gasteiger partial charge >= 0.3 is 5.97 Å². The predicted molar refractivity (Wildman–Crippen MR) is 110 cm³/mol. The second-order valence-corrected chi connectivity index (χ2v) is 7.19. The predicted octanol–water partition coefficient (Wildman–Crippen LogP) is 3.54. The molecule has 1 heterocycles. The fourth-order valence-electron chi connectivity index (χ4n) is 3.67. The van der Waals surface area contributed by atoms with E-state index < -0.39 is 5.97 Å². The van der Waals surface area contributed by atoms with Crippen molar-refractivity contribution in [2.75, 3.05) is 11.9 Å². The number of nitrogens with one attached hydrogen (secondary N) is 1. The number of pyridine rings is 1. The van der Waals surface area contributed by atoms with Crippen LogP contribution in [0.4, 0.5) is 5.69 Å². The molecule has 1 aliphatic carbocycles. The molecule has 0 atom stereocenters. The van der Waals surface area contributed by atoms with Crippen molar-refractivity contribution in [3.8, 4) is 5.75 Å². The molecule has 1 aromatic heterocycles. The van der Waals surface area contributed by atoms with Gasteiger partial charge in [0, 0.05) is 11.1 Å². The third kappa shape index (κ3) is 4.37. The first-order valence-corrected chi connectivity index (χ1v) is 9.74. The highest BCUT2D eigenvalue weighted by Crippen LogP contribution is 2.33. The van der Waals surface area contributed by atoms with E-state index in [0.29, 0.717) is 5.56 Å². The number of aromatic hydroxyl groups is 1. The van der Waals surface area contributed by atoms with Gasteiger partial charge in [-0.2, -0.15) is 0 Å². The normalized spacial score (nSPS) is 13.0. The van der Waals surface area contributed by atoms with Gasteiger partial charge in [0.25, 0.3) is 5.91 Å². The summed E-state index contributed by atoms with van der Waals surface area (Å²) in [5.41, 5.74) is 4.47. The Bertz CT molecular complexity index is 1060. The molecule has 0 saturated carbocycles. The smallest absolute Gasteiger partial charge is 0.310 e. The van der Waals surface area contributed by atoms with Gasteiger partial charge in [-0.05, 0) is 55.0 Å². The van der Waals surface area contributed by atoms with E-state index in [2.05, 4.69) is 5.32 Å². The van der Waals surface area contributed by atoms with Gasteiger partial charge in [-0.25, -0.2) is 0 Å². The summed E-state index contributed by atoms with van der Waals surface area (Å²) in [5, 5.41) is 13.1. The summed E-state index contributed by atoms with van der Waals surface area (Å²) in [5.74, 6) is -0.727. The lowest BCUT2D eigenvalue weighted by Crippen LogP contribution is -2.23. The maximum atomic E-state index is 12.5. The van der Waals surface area contributed by atoms with E-state index in [1.807, 2.05) is 24.3 Å². The molecular formula is C23H22N2O4. The molecule has 0 spiro atoms. The summed E-state index contributed by atoms with van der Waals surface area (Å²) >= 11 is 0. The highest BCUT2D eigenvalue weighted by atomic mass is 16.5. The molecule has 6 heteroatoms. The summed E-state index contributed by atoms with van der Waals surface area (Å²) < 4.78 is 5.14. The number of aromatic nitrogens is 1. The van der Waals surface area contributed by atoms with Crippen LogP contribution in [0, 0.1) is 0 Å². The first-order valence-electron chi connectivity index (χ1n) is 9.74. The summed E-state index contributed by atoms with van der Waals surface area (Å²) in [4.78, 5) is 29.3. The van der Waals surface area contributed by atoms with Crippen molar-refractivity contribution in [3.63, 3.8) is 0 Å². The van der Waals surface area contributed by atoms with Crippen molar-refractivity contribution >= 4 is 28.5 Å². The molecule has 0 fully saturated rings. The Morgan fingerprint density at radius 2 is 1.79 bits per heavy atom. The number of para-hydroxylation sites is 1. The number of phenolic OH excluding ortho intramolecular Hbond substituents is 1. The molecule has 3 aromatic rings. The summed E-state index contributed by atoms with van der Waals surface area (Å²) in [7, 11) is 0. The molecule has 0 unspecified atom stereocenters. The third-order valence-corrected chi connectivity index (χ3v) is 5.08. The number of carbonyl (C=O) groups is 2. The number of ether oxygens (including phenoxy) is 1. The molecule has 0 bridgehead atoms. The number of fused-ring (bicyclic) bond motifs is 2. The quantitative estimate of drug-likeness (QED) is 0.651. The Morgan fingerprint density at radius 3 is 2.62 bits per heavy atom. The Balaban J connectivity index is 1.45. The van der Waals surface area contributed by atoms with Crippen molar-refractivity contribution in [1.82, 2.24) is 4.98 Å². The van der Waals surface area contributed by atoms with Crippen LogP contribution in [0.25, 0.3) is 10.9 Å². The Morgan fingerprint density at radius 1 is 1.03 bits per heavy atom. The van der Waals surface area contributed by atoms with Gasteiger partial charge in [0.05, 0.1) is 17.6 Å². The summed E-state index contributed by atoms with van der Waals surface area (Å²) in [6.45, 7) is -0.345. The van der Waals surface area contributed by atoms with Crippen LogP contribution >= 0.6 is 0 Å². The summed E-state index contributed by atoms with van der Waals surface area (Å²) in [6, 6.07) is 14.0. The number of amides is 1. The number of nitrogens with zero attached hydrogens (tertiary/aromatic N) is 1. The molecule has 0 saturated heterocycles. The Hall–Kier alpha value is -3.41. The lowest BCUT2D eigenvalue weighted by atomic mass is 9.92. The van der Waals surface area contributed by atoms with Crippen molar-refractivity contribution in [2.45, 2.75) is 32.1 Å². The highest BCUT2D eigenvalue weighted by molar-refractivity contribution is 6.03. The van der Waals surface area contributed by atoms with E-state index in [1.54, 1.807) is 12.1 Å². The molecule has 6 nitrogen and oxygen atoms in total. The average Bonchev–Trinajstić information content (AvgIpc) is 2.74. The zero-order valence-electron chi connectivity index (χ0n) is 16.0. The number of esters is 1. The van der Waals surface area contributed by atoms with Gasteiger partial charge in [0.2, 0.25) is 0 Å². The molecule has 1 amide bonds. The number of anilines is 1. The van der Waals surface area contributed by atoms with Crippen molar-refractivity contribution in [2.24, 2.45) is 0 Å². The van der Waals surface area contributed by atoms with Gasteiger partial charge in [0.1, 0.15) is 5.75 Å². The van der Waals surface area contributed by atoms with Crippen LogP contribution in [0.3, 0.4) is 0 Å². The molecule has 4 rings (SSSR count). The molecule has 2 N–H and O–H groups in total. The second kappa shape index (κ2) is 8.31. The van der Waals surface area contributed by atoms with E-state index in [-0.39, 0.29) is 24.7 Å². The van der Waals surface area contributed by atoms with E-state index >= 15 is 0 Å². The molecule has 2 aromatic carbocycles. The van der Waals surface area contributed by atoms with Crippen LogP contribution in [0.15, 0.2) is 48.5 Å². The SMILES string of the molecule is O=C(COC(=O)Cc1ccc(O)cc1)Nc1c2c(nc3ccccc13)CCCC2. The number of hydrogen-bond donors (Lipinski definition) is 2. The number of benzene rings is 2. The second-order valence-electron chi connectivity index (χ2n) is 7.19. The van der Waals surface area contributed by atoms with Gasteiger partial charge < -0.3 is 15.2 Å². The number of rotatable bonds is 5. The maximum absolute atomic E-state index is 12.5. The van der Waals surface area contributed by atoms with Crippen molar-refractivity contribution in [3.05, 3.63) is 65.4 Å². The van der Waals surface area contributed by atoms with Gasteiger partial charge in [-0.15, -0.1) is 0 Å². The maximum Gasteiger partial charge on any atom is 0.310 e. The fraction of sp³-hybridized carbons (Fsp3) is 0.261. The minimum Gasteiger partial charge on any atom is -0.508 e. The average molecular weight is 390 g/mol. The zero-order valence-corrected chi connectivity index (χ0v) is 16.0. The van der Waals surface area contributed by atoms with Crippen LogP contribution in [0.1, 0.15) is 29.7 Å². The summed E-state index contributed by atoms with van der Waals surface area (Å²) in [6.07, 6.45) is 3.99. The topological polar surface area (TPSA) is 88.5 Å². The van der Waals surface area contributed by atoms with Crippen LogP contribution in [-0.2, 0) is 33.6 Å². The molecule has 0 aliphatic heterocycles. The Labute approximate surface area is 168 Å². The van der Waals surface area contributed by atoms with Crippen molar-refractivity contribution in [1.29, 1.82) is 0 Å². The lowest BCUT2D eigenvalue weighted by molar-refractivity contribution is -0.146. The van der Waals surface area contributed by atoms with E-state index in [4.69, 9.17) is 9.72 Å². The minimum absolute atomic E-state index is 0.0428. The molecular weight excluding hydrogens is 368 g/mol. The lowest BCUT2D eigenvalue weighted by Gasteiger charge is -2.21. The molecule has 148 valence electrons. The van der Waals surface area contributed by atoms with Crippen LogP contribution in [0.2, 0.25) is 0 Å². The zero-order chi connectivity index (χ0) is 20.2. The van der Waals surface area contributed by atoms with E-state index in [9.17, 15) is 14.7 Å². The van der Waals surface area contributed by atoms with Crippen molar-refractivity contribution < 1.29 is 19.4 Å². The van der Waals surface area contributed by atoms with Gasteiger partial charge in [0.15, 0.2) is 6.61 Å². The number of aryl methyl sites for hydroxylation is 1. The van der Waals surface area contributed by atoms with Gasteiger partial charge in [-0.1, -0.05) is 30.3 Å². The standard InChI is InChI=1S/C23H22N2O4/c26-16-11-9-15(10-12-16)13-22(28)29-14-21(27)25-23-17-5-1-3-7-19(17)24-20-8-4-2-6-18(20)23/h1,3,5,7,9-12,26H,2,4,6,8,13-14H2,(H,24,25,27). The third-order valence-electron chi connectivity index (χ3n) is 5.08. The molecule has 1 aliphatic rings. The molecule has 29 heavy (non-hydrogen) atoms. The van der Waals surface area contributed by atoms with Crippen LogP contribution in [0.5, 0.6) is 5.75 Å². The monoisotopic (exact) mass is 390 g/mol. The van der Waals surface area contributed by atoms with Gasteiger partial charge in [-0.3, -0.25) is 14.6 Å². The largest absolute Gasteiger partial charge is 0.508 e. The minimum atomic E-state index is -0.493. The Kier molecular flexibility index (Phi) is 5.42. The number of carbonyl (C=O) groups excluding carboxylic acids is 2. The molecule has 0 radical (unpaired) electrons. The highest BCUT2D eigenvalue weighted by Gasteiger charge is 2.20. The fourth-order valence-corrected chi connectivity index (χ4v) is 3.67. The first-order chi connectivity index (χ1) is 14.1. The van der Waals surface area contributed by atoms with Crippen LogP contribution in [-0.4, -0.2) is 28.6 Å². The van der Waals surface area contributed by atoms with E-state index in [1.165, 1.54) is 12.1 Å².